The first-order chi connectivity index (χ1) is 15.1. The van der Waals surface area contributed by atoms with Gasteiger partial charge >= 0.3 is 0 Å². The number of nitrogens with zero attached hydrogens (tertiary/aromatic N) is 2. The summed E-state index contributed by atoms with van der Waals surface area (Å²) >= 11 is 2.98. The van der Waals surface area contributed by atoms with Crippen molar-refractivity contribution < 1.29 is 9.59 Å². The van der Waals surface area contributed by atoms with Crippen LogP contribution in [0.4, 0.5) is 5.13 Å². The third-order valence-corrected chi connectivity index (χ3v) is 6.12. The van der Waals surface area contributed by atoms with Gasteiger partial charge in [0.25, 0.3) is 5.91 Å². The van der Waals surface area contributed by atoms with Crippen molar-refractivity contribution in [2.75, 3.05) is 17.3 Å². The molecule has 158 valence electrons. The van der Waals surface area contributed by atoms with E-state index in [-0.39, 0.29) is 11.8 Å². The van der Waals surface area contributed by atoms with Crippen LogP contribution < -0.4 is 10.6 Å². The molecule has 3 N–H and O–H groups in total. The van der Waals surface area contributed by atoms with Crippen LogP contribution in [0.2, 0.25) is 0 Å². The molecule has 0 aliphatic rings. The van der Waals surface area contributed by atoms with E-state index in [1.54, 1.807) is 36.3 Å². The van der Waals surface area contributed by atoms with Gasteiger partial charge in [-0.05, 0) is 36.6 Å². The summed E-state index contributed by atoms with van der Waals surface area (Å²) in [7, 11) is 0. The molecular formula is C22H21N5O2S2. The summed E-state index contributed by atoms with van der Waals surface area (Å²) in [5.74, 6) is 0.159. The fraction of sp³-hybridized carbons (Fsp3) is 0.182. The number of imidazole rings is 1. The first kappa shape index (κ1) is 21.1. The molecule has 7 nitrogen and oxygen atoms in total. The van der Waals surface area contributed by atoms with Crippen LogP contribution >= 0.6 is 23.1 Å². The van der Waals surface area contributed by atoms with Gasteiger partial charge in [-0.15, -0.1) is 11.3 Å². The van der Waals surface area contributed by atoms with Gasteiger partial charge in [-0.1, -0.05) is 30.3 Å². The minimum Gasteiger partial charge on any atom is -0.345 e. The summed E-state index contributed by atoms with van der Waals surface area (Å²) in [6.45, 7) is 0. The van der Waals surface area contributed by atoms with Crippen LogP contribution in [-0.4, -0.2) is 44.8 Å². The second-order valence-electron chi connectivity index (χ2n) is 6.84. The fourth-order valence-electron chi connectivity index (χ4n) is 3.09. The SMILES string of the molecule is CSCC[C@H](NC(=O)c1ccc2nc[nH]c2c1)C(=O)Nc1nc(-c2ccccc2)cs1. The van der Waals surface area contributed by atoms with Crippen molar-refractivity contribution in [1.82, 2.24) is 20.3 Å². The summed E-state index contributed by atoms with van der Waals surface area (Å²) < 4.78 is 0. The molecule has 0 radical (unpaired) electrons. The number of hydrogen-bond donors (Lipinski definition) is 3. The van der Waals surface area contributed by atoms with Gasteiger partial charge in [0, 0.05) is 16.5 Å². The summed E-state index contributed by atoms with van der Waals surface area (Å²) in [6.07, 6.45) is 4.07. The Morgan fingerprint density at radius 1 is 1.19 bits per heavy atom. The highest BCUT2D eigenvalue weighted by Gasteiger charge is 2.22. The van der Waals surface area contributed by atoms with Gasteiger partial charge in [-0.3, -0.25) is 9.59 Å². The van der Waals surface area contributed by atoms with Gasteiger partial charge in [0.2, 0.25) is 5.91 Å². The molecule has 0 saturated heterocycles. The maximum absolute atomic E-state index is 12.9. The van der Waals surface area contributed by atoms with Crippen molar-refractivity contribution in [2.45, 2.75) is 12.5 Å². The predicted octanol–water partition coefficient (Wildman–Crippen LogP) is 4.18. The number of amides is 2. The first-order valence-electron chi connectivity index (χ1n) is 9.69. The normalized spacial score (nSPS) is 11.9. The molecule has 0 spiro atoms. The fourth-order valence-corrected chi connectivity index (χ4v) is 4.28. The molecule has 2 heterocycles. The van der Waals surface area contributed by atoms with Crippen molar-refractivity contribution in [1.29, 1.82) is 0 Å². The molecule has 0 fully saturated rings. The highest BCUT2D eigenvalue weighted by Crippen LogP contribution is 2.24. The van der Waals surface area contributed by atoms with E-state index in [0.29, 0.717) is 17.1 Å². The molecule has 0 aliphatic heterocycles. The zero-order valence-electron chi connectivity index (χ0n) is 16.8. The molecule has 2 amide bonds. The van der Waals surface area contributed by atoms with E-state index >= 15 is 0 Å². The van der Waals surface area contributed by atoms with Gasteiger partial charge in [0.1, 0.15) is 6.04 Å². The number of aromatic nitrogens is 3. The van der Waals surface area contributed by atoms with E-state index in [4.69, 9.17) is 0 Å². The Kier molecular flexibility index (Phi) is 6.63. The number of thiazole rings is 1. The molecule has 1 atom stereocenters. The highest BCUT2D eigenvalue weighted by atomic mass is 32.2. The number of aromatic amines is 1. The second kappa shape index (κ2) is 9.76. The first-order valence-corrected chi connectivity index (χ1v) is 12.0. The Labute approximate surface area is 187 Å². The Morgan fingerprint density at radius 2 is 2.03 bits per heavy atom. The second-order valence-corrected chi connectivity index (χ2v) is 8.68. The molecule has 0 unspecified atom stereocenters. The van der Waals surface area contributed by atoms with Gasteiger partial charge in [0.15, 0.2) is 5.13 Å². The van der Waals surface area contributed by atoms with Crippen LogP contribution in [0.25, 0.3) is 22.3 Å². The Bertz CT molecular complexity index is 1190. The van der Waals surface area contributed by atoms with Crippen molar-refractivity contribution in [3.63, 3.8) is 0 Å². The van der Waals surface area contributed by atoms with Crippen LogP contribution in [-0.2, 0) is 4.79 Å². The number of carbonyl (C=O) groups excluding carboxylic acids is 2. The summed E-state index contributed by atoms with van der Waals surface area (Å²) in [5.41, 5.74) is 3.82. The standard InChI is InChI=1S/C22H21N5O2S2/c1-30-10-9-17(25-20(28)15-7-8-16-18(11-15)24-13-23-16)21(29)27-22-26-19(12-31-22)14-5-3-2-4-6-14/h2-8,11-13,17H,9-10H2,1H3,(H,23,24)(H,25,28)(H,26,27,29)/t17-/m0/s1. The third-order valence-electron chi connectivity index (χ3n) is 4.72. The van der Waals surface area contributed by atoms with Crippen LogP contribution in [0.5, 0.6) is 0 Å². The highest BCUT2D eigenvalue weighted by molar-refractivity contribution is 7.98. The lowest BCUT2D eigenvalue weighted by atomic mass is 10.1. The quantitative estimate of drug-likeness (QED) is 0.373. The molecule has 2 aromatic carbocycles. The summed E-state index contributed by atoms with van der Waals surface area (Å²) in [5, 5.41) is 8.12. The van der Waals surface area contributed by atoms with Gasteiger partial charge in [0.05, 0.1) is 23.1 Å². The van der Waals surface area contributed by atoms with Crippen molar-refractivity contribution >= 4 is 51.1 Å². The van der Waals surface area contributed by atoms with E-state index in [9.17, 15) is 9.59 Å². The number of hydrogen-bond acceptors (Lipinski definition) is 6. The summed E-state index contributed by atoms with van der Waals surface area (Å²) in [6, 6.07) is 14.3. The summed E-state index contributed by atoms with van der Waals surface area (Å²) in [4.78, 5) is 37.4. The van der Waals surface area contributed by atoms with Crippen molar-refractivity contribution in [2.24, 2.45) is 0 Å². The smallest absolute Gasteiger partial charge is 0.252 e. The lowest BCUT2D eigenvalue weighted by molar-refractivity contribution is -0.118. The molecule has 4 rings (SSSR count). The number of rotatable bonds is 8. The van der Waals surface area contributed by atoms with Crippen LogP contribution in [0, 0.1) is 0 Å². The Hall–Kier alpha value is -3.17. The lowest BCUT2D eigenvalue weighted by Gasteiger charge is -2.17. The maximum Gasteiger partial charge on any atom is 0.252 e. The minimum atomic E-state index is -0.665. The number of carbonyl (C=O) groups is 2. The number of anilines is 1. The molecule has 2 aromatic heterocycles. The Balaban J connectivity index is 1.46. The molecule has 9 heteroatoms. The van der Waals surface area contributed by atoms with E-state index in [2.05, 4.69) is 25.6 Å². The zero-order chi connectivity index (χ0) is 21.6. The Morgan fingerprint density at radius 3 is 2.84 bits per heavy atom. The number of thioether (sulfide) groups is 1. The molecule has 0 saturated carbocycles. The molecule has 0 aliphatic carbocycles. The number of fused-ring (bicyclic) bond motifs is 1. The minimum absolute atomic E-state index is 0.279. The van der Waals surface area contributed by atoms with E-state index in [1.165, 1.54) is 11.3 Å². The van der Waals surface area contributed by atoms with Crippen molar-refractivity contribution in [3.8, 4) is 11.3 Å². The lowest BCUT2D eigenvalue weighted by Crippen LogP contribution is -2.44. The number of H-pyrrole nitrogens is 1. The monoisotopic (exact) mass is 451 g/mol. The zero-order valence-corrected chi connectivity index (χ0v) is 18.4. The van der Waals surface area contributed by atoms with Gasteiger partial charge in [-0.2, -0.15) is 11.8 Å². The maximum atomic E-state index is 12.9. The molecule has 0 bridgehead atoms. The van der Waals surface area contributed by atoms with Gasteiger partial charge in [-0.25, -0.2) is 9.97 Å². The van der Waals surface area contributed by atoms with Crippen LogP contribution in [0.1, 0.15) is 16.8 Å². The molecule has 31 heavy (non-hydrogen) atoms. The van der Waals surface area contributed by atoms with Crippen LogP contribution in [0.3, 0.4) is 0 Å². The van der Waals surface area contributed by atoms with E-state index < -0.39 is 6.04 Å². The number of benzene rings is 2. The third kappa shape index (κ3) is 5.12. The number of nitrogens with one attached hydrogen (secondary N) is 3. The van der Waals surface area contributed by atoms with Gasteiger partial charge < -0.3 is 15.6 Å². The molecule has 4 aromatic rings. The van der Waals surface area contributed by atoms with E-state index in [1.807, 2.05) is 42.0 Å². The largest absolute Gasteiger partial charge is 0.345 e. The molecular weight excluding hydrogens is 430 g/mol. The predicted molar refractivity (Wildman–Crippen MR) is 127 cm³/mol. The van der Waals surface area contributed by atoms with E-state index in [0.717, 1.165) is 28.0 Å². The van der Waals surface area contributed by atoms with Crippen LogP contribution in [0.15, 0.2) is 60.2 Å². The topological polar surface area (TPSA) is 99.8 Å². The average molecular weight is 452 g/mol. The van der Waals surface area contributed by atoms with Crippen molar-refractivity contribution in [3.05, 3.63) is 65.8 Å². The average Bonchev–Trinajstić information content (AvgIpc) is 3.46.